The van der Waals surface area contributed by atoms with E-state index < -0.39 is 26.5 Å². The SMILES string of the molecule is C\C=C/C=C\C=C\[C@H]1CC[C@H](C)N(Cc2ccc(C3(CO)CCC(n4cnnc4)CC3)cc2F)S1(=O)=O. The molecule has 1 saturated heterocycles. The van der Waals surface area contributed by atoms with E-state index in [1.54, 1.807) is 30.9 Å². The maximum atomic E-state index is 15.4. The van der Waals surface area contributed by atoms with Crippen LogP contribution in [-0.4, -0.2) is 50.5 Å². The third-order valence-corrected chi connectivity index (χ3v) is 10.3. The van der Waals surface area contributed by atoms with Crippen molar-refractivity contribution in [1.29, 1.82) is 0 Å². The van der Waals surface area contributed by atoms with E-state index in [9.17, 15) is 13.5 Å². The molecule has 0 radical (unpaired) electrons. The molecule has 2 atom stereocenters. The number of hydrogen-bond acceptors (Lipinski definition) is 5. The first-order valence-electron chi connectivity index (χ1n) is 13.0. The largest absolute Gasteiger partial charge is 0.395 e. The predicted molar refractivity (Wildman–Crippen MR) is 143 cm³/mol. The molecule has 0 spiro atoms. The highest BCUT2D eigenvalue weighted by Gasteiger charge is 2.40. The second-order valence-electron chi connectivity index (χ2n) is 10.2. The van der Waals surface area contributed by atoms with Gasteiger partial charge in [-0.05, 0) is 64.0 Å². The molecule has 2 fully saturated rings. The van der Waals surface area contributed by atoms with Crippen molar-refractivity contribution < 1.29 is 17.9 Å². The van der Waals surface area contributed by atoms with Crippen LogP contribution in [-0.2, 0) is 22.0 Å². The average molecular weight is 529 g/mol. The van der Waals surface area contributed by atoms with Crippen molar-refractivity contribution >= 4 is 10.0 Å². The van der Waals surface area contributed by atoms with E-state index in [-0.39, 0.29) is 25.2 Å². The predicted octanol–water partition coefficient (Wildman–Crippen LogP) is 4.83. The van der Waals surface area contributed by atoms with Gasteiger partial charge in [0.15, 0.2) is 0 Å². The fourth-order valence-electron chi connectivity index (χ4n) is 5.55. The van der Waals surface area contributed by atoms with Crippen molar-refractivity contribution in [3.63, 3.8) is 0 Å². The van der Waals surface area contributed by atoms with Crippen molar-refractivity contribution in [2.45, 2.75) is 81.7 Å². The number of rotatable bonds is 8. The van der Waals surface area contributed by atoms with Gasteiger partial charge in [-0.25, -0.2) is 12.8 Å². The van der Waals surface area contributed by atoms with Gasteiger partial charge >= 0.3 is 0 Å². The number of aliphatic hydroxyl groups is 1. The number of benzene rings is 1. The van der Waals surface area contributed by atoms with Gasteiger partial charge < -0.3 is 9.67 Å². The lowest BCUT2D eigenvalue weighted by Crippen LogP contribution is -2.47. The van der Waals surface area contributed by atoms with Crippen LogP contribution in [0.4, 0.5) is 4.39 Å². The summed E-state index contributed by atoms with van der Waals surface area (Å²) in [5, 5.41) is 17.5. The van der Waals surface area contributed by atoms with Crippen molar-refractivity contribution in [3.8, 4) is 0 Å². The summed E-state index contributed by atoms with van der Waals surface area (Å²) in [4.78, 5) is 0. The van der Waals surface area contributed by atoms with Crippen molar-refractivity contribution in [2.75, 3.05) is 6.61 Å². The minimum atomic E-state index is -3.62. The van der Waals surface area contributed by atoms with Gasteiger partial charge in [-0.2, -0.15) is 4.31 Å². The number of aliphatic hydroxyl groups excluding tert-OH is 1. The molecule has 1 aromatic heterocycles. The molecule has 0 unspecified atom stereocenters. The zero-order valence-corrected chi connectivity index (χ0v) is 22.4. The van der Waals surface area contributed by atoms with E-state index in [0.717, 1.165) is 31.2 Å². The van der Waals surface area contributed by atoms with Crippen LogP contribution in [0.1, 0.15) is 69.5 Å². The molecule has 2 aliphatic rings. The zero-order chi connectivity index (χ0) is 26.5. The van der Waals surface area contributed by atoms with E-state index in [4.69, 9.17) is 0 Å². The summed E-state index contributed by atoms with van der Waals surface area (Å²) in [5.41, 5.74) is 0.606. The highest BCUT2D eigenvalue weighted by molar-refractivity contribution is 7.89. The third-order valence-electron chi connectivity index (χ3n) is 7.99. The minimum absolute atomic E-state index is 0.00378. The first kappa shape index (κ1) is 27.4. The van der Waals surface area contributed by atoms with E-state index in [1.807, 2.05) is 48.8 Å². The summed E-state index contributed by atoms with van der Waals surface area (Å²) in [6.07, 6.45) is 18.7. The van der Waals surface area contributed by atoms with E-state index in [0.29, 0.717) is 18.4 Å². The minimum Gasteiger partial charge on any atom is -0.395 e. The molecule has 2 heterocycles. The van der Waals surface area contributed by atoms with Gasteiger partial charge in [0.2, 0.25) is 10.0 Å². The van der Waals surface area contributed by atoms with Crippen molar-refractivity contribution in [3.05, 3.63) is 84.3 Å². The standard InChI is InChI=1S/C28H37FN4O3S/c1-3-4-5-6-7-8-26-12-9-22(2)33(37(26,35)36)18-23-10-11-24(17-27(23)29)28(19-34)15-13-25(14-16-28)32-20-30-31-21-32/h3-8,10-11,17,20-22,25-26,34H,9,12-16,18-19H2,1-2H3/b4-3-,6-5-,8-7+/t22-,25?,26-,28?/m0/s1. The first-order valence-corrected chi connectivity index (χ1v) is 14.5. The fourth-order valence-corrected chi connectivity index (χ4v) is 7.55. The number of aromatic nitrogens is 3. The van der Waals surface area contributed by atoms with Gasteiger partial charge in [0.25, 0.3) is 0 Å². The zero-order valence-electron chi connectivity index (χ0n) is 21.6. The molecule has 9 heteroatoms. The van der Waals surface area contributed by atoms with Gasteiger partial charge in [0, 0.05) is 29.6 Å². The van der Waals surface area contributed by atoms with Crippen LogP contribution in [0.5, 0.6) is 0 Å². The summed E-state index contributed by atoms with van der Waals surface area (Å²) in [6, 6.07) is 5.11. The van der Waals surface area contributed by atoms with Crippen LogP contribution in [0.3, 0.4) is 0 Å². The monoisotopic (exact) mass is 528 g/mol. The lowest BCUT2D eigenvalue weighted by Gasteiger charge is -2.40. The molecule has 7 nitrogen and oxygen atoms in total. The highest BCUT2D eigenvalue weighted by Crippen LogP contribution is 2.43. The Balaban J connectivity index is 1.49. The Labute approximate surface area is 219 Å². The molecule has 4 rings (SSSR count). The van der Waals surface area contributed by atoms with Crippen LogP contribution < -0.4 is 0 Å². The molecular weight excluding hydrogens is 491 g/mol. The van der Waals surface area contributed by atoms with Crippen LogP contribution in [0.15, 0.2) is 67.3 Å². The second kappa shape index (κ2) is 11.8. The Morgan fingerprint density at radius 3 is 2.43 bits per heavy atom. The lowest BCUT2D eigenvalue weighted by molar-refractivity contribution is 0.132. The van der Waals surface area contributed by atoms with Crippen molar-refractivity contribution in [1.82, 2.24) is 19.1 Å². The van der Waals surface area contributed by atoms with Gasteiger partial charge in [0.05, 0.1) is 11.9 Å². The molecule has 2 aromatic rings. The van der Waals surface area contributed by atoms with Crippen molar-refractivity contribution in [2.24, 2.45) is 0 Å². The molecule has 37 heavy (non-hydrogen) atoms. The number of halogens is 1. The van der Waals surface area contributed by atoms with E-state index in [2.05, 4.69) is 10.2 Å². The van der Waals surface area contributed by atoms with Gasteiger partial charge in [-0.3, -0.25) is 0 Å². The topological polar surface area (TPSA) is 88.3 Å². The normalized spacial score (nSPS) is 29.0. The van der Waals surface area contributed by atoms with E-state index in [1.165, 1.54) is 10.4 Å². The first-order chi connectivity index (χ1) is 17.8. The third kappa shape index (κ3) is 5.94. The Morgan fingerprint density at radius 1 is 1.08 bits per heavy atom. The molecule has 1 aliphatic carbocycles. The smallest absolute Gasteiger partial charge is 0.221 e. The summed E-state index contributed by atoms with van der Waals surface area (Å²) in [7, 11) is -3.62. The Kier molecular flexibility index (Phi) is 8.77. The Bertz CT molecular complexity index is 1230. The van der Waals surface area contributed by atoms with Gasteiger partial charge in [-0.15, -0.1) is 10.2 Å². The quantitative estimate of drug-likeness (QED) is 0.496. The van der Waals surface area contributed by atoms with Crippen LogP contribution in [0.25, 0.3) is 0 Å². The van der Waals surface area contributed by atoms with Gasteiger partial charge in [-0.1, -0.05) is 48.6 Å². The number of hydrogen-bond donors (Lipinski definition) is 1. The fraction of sp³-hybridized carbons (Fsp3) is 0.500. The summed E-state index contributed by atoms with van der Waals surface area (Å²) in [5.74, 6) is -0.430. The molecule has 1 aromatic carbocycles. The molecule has 0 amide bonds. The Hall–Kier alpha value is -2.62. The molecule has 0 bridgehead atoms. The molecular formula is C28H37FN4O3S. The highest BCUT2D eigenvalue weighted by atomic mass is 32.2. The number of sulfonamides is 1. The lowest BCUT2D eigenvalue weighted by atomic mass is 9.68. The van der Waals surface area contributed by atoms with Crippen LogP contribution in [0.2, 0.25) is 0 Å². The van der Waals surface area contributed by atoms with Crippen LogP contribution >= 0.6 is 0 Å². The van der Waals surface area contributed by atoms with Gasteiger partial charge in [0.1, 0.15) is 18.5 Å². The number of nitrogens with zero attached hydrogens (tertiary/aromatic N) is 4. The van der Waals surface area contributed by atoms with E-state index >= 15 is 4.39 Å². The molecule has 1 N–H and O–H groups in total. The maximum Gasteiger partial charge on any atom is 0.221 e. The molecule has 200 valence electrons. The molecule has 1 aliphatic heterocycles. The average Bonchev–Trinajstić information content (AvgIpc) is 3.43. The Morgan fingerprint density at radius 2 is 1.78 bits per heavy atom. The maximum absolute atomic E-state index is 15.4. The summed E-state index contributed by atoms with van der Waals surface area (Å²) < 4.78 is 45.6. The molecule has 1 saturated carbocycles. The number of allylic oxidation sites excluding steroid dienone is 5. The van der Waals surface area contributed by atoms with Crippen LogP contribution in [0, 0.1) is 5.82 Å². The summed E-state index contributed by atoms with van der Waals surface area (Å²) in [6.45, 7) is 3.73. The summed E-state index contributed by atoms with van der Waals surface area (Å²) >= 11 is 0. The second-order valence-corrected chi connectivity index (χ2v) is 12.3.